The molecule has 0 aliphatic carbocycles. The largest absolute Gasteiger partial charge is 0.479 e. The summed E-state index contributed by atoms with van der Waals surface area (Å²) in [5.74, 6) is -4.17. The zero-order valence-electron chi connectivity index (χ0n) is 30.7. The highest BCUT2D eigenvalue weighted by atomic mass is 32.3. The van der Waals surface area contributed by atoms with Crippen molar-refractivity contribution in [2.75, 3.05) is 13.2 Å². The topological polar surface area (TPSA) is 564 Å². The number of nitrogens with one attached hydrogen (secondary N) is 1. The number of aliphatic carboxylic acids is 2. The molecular weight excluding hydrogens is 973 g/mol. The Labute approximate surface area is 352 Å². The highest BCUT2D eigenvalue weighted by Crippen LogP contribution is 2.36. The Hall–Kier alpha value is -2.18. The Morgan fingerprint density at radius 1 is 0.556 bits per heavy atom. The van der Waals surface area contributed by atoms with Gasteiger partial charge in [-0.1, -0.05) is 0 Å². The van der Waals surface area contributed by atoms with Crippen LogP contribution in [0.1, 0.15) is 0 Å². The maximum absolute atomic E-state index is 12.4. The number of carbonyl (C=O) groups is 2. The average Bonchev–Trinajstić information content (AvgIpc) is 3.13. The molecule has 0 saturated carbocycles. The van der Waals surface area contributed by atoms with Gasteiger partial charge in [-0.05, 0) is 0 Å². The molecule has 0 aromatic rings. The van der Waals surface area contributed by atoms with Gasteiger partial charge in [0.1, 0.15) is 73.2 Å². The normalized spacial score (nSPS) is 42.1. The molecule has 35 nitrogen and oxygen atoms in total. The molecule has 4 fully saturated rings. The molecule has 20 atom stereocenters. The van der Waals surface area contributed by atoms with Gasteiger partial charge in [0, 0.05) is 0 Å². The van der Waals surface area contributed by atoms with Crippen LogP contribution in [0, 0.1) is 0 Å². The van der Waals surface area contributed by atoms with E-state index in [-0.39, 0.29) is 0 Å². The number of nitrogens with two attached hydrogens (primary N) is 1. The third-order valence-electron chi connectivity index (χ3n) is 9.15. The summed E-state index contributed by atoms with van der Waals surface area (Å²) in [5, 5.41) is 93.8. The van der Waals surface area contributed by atoms with Gasteiger partial charge in [-0.3, -0.25) is 18.2 Å². The number of hydrogen-bond acceptors (Lipinski definition) is 28. The molecule has 4 rings (SSSR count). The Kier molecular flexibility index (Phi) is 17.3. The van der Waals surface area contributed by atoms with Crippen LogP contribution in [-0.4, -0.2) is 246 Å². The van der Waals surface area contributed by atoms with Crippen LogP contribution in [0.2, 0.25) is 0 Å². The molecule has 368 valence electrons. The van der Waals surface area contributed by atoms with Gasteiger partial charge in [0.2, 0.25) is 0 Å². The van der Waals surface area contributed by atoms with Crippen LogP contribution >= 0.6 is 0 Å². The van der Waals surface area contributed by atoms with Crippen molar-refractivity contribution in [3.05, 3.63) is 0 Å². The Bertz CT molecular complexity index is 2060. The minimum absolute atomic E-state index is 1.35. The van der Waals surface area contributed by atoms with Gasteiger partial charge in [0.15, 0.2) is 43.5 Å². The van der Waals surface area contributed by atoms with Gasteiger partial charge >= 0.3 is 53.4 Å². The fraction of sp³-hybridized carbons (Fsp3) is 0.917. The first-order valence-electron chi connectivity index (χ1n) is 16.9. The zero-order chi connectivity index (χ0) is 47.9. The van der Waals surface area contributed by atoms with E-state index in [9.17, 15) is 98.3 Å². The summed E-state index contributed by atoms with van der Waals surface area (Å²) in [5.41, 5.74) is 6.05. The summed E-state index contributed by atoms with van der Waals surface area (Å²) in [6.07, 6.45) is -44.4. The van der Waals surface area contributed by atoms with E-state index < -0.39 is 189 Å². The number of ether oxygens (including phenoxy) is 7. The van der Waals surface area contributed by atoms with Crippen molar-refractivity contribution in [2.45, 2.75) is 123 Å². The van der Waals surface area contributed by atoms with Crippen molar-refractivity contribution in [1.29, 1.82) is 0 Å². The van der Waals surface area contributed by atoms with Crippen LogP contribution in [0.5, 0.6) is 0 Å². The first-order chi connectivity index (χ1) is 28.7. The van der Waals surface area contributed by atoms with Gasteiger partial charge in [0.05, 0.1) is 19.3 Å². The summed E-state index contributed by atoms with van der Waals surface area (Å²) in [6, 6.07) is -4.65. The van der Waals surface area contributed by atoms with Crippen molar-refractivity contribution in [3.8, 4) is 0 Å². The summed E-state index contributed by atoms with van der Waals surface area (Å²) < 4.78 is 180. The second-order valence-corrected chi connectivity index (χ2v) is 17.8. The van der Waals surface area contributed by atoms with Crippen LogP contribution in [0.4, 0.5) is 0 Å². The molecular formula is C24H40N2O33S4. The van der Waals surface area contributed by atoms with Gasteiger partial charge in [-0.25, -0.2) is 22.1 Å². The SMILES string of the molecule is N[C@H]1[C@@H](O[C@H]2[C@H](O)[C@@H](OS(=O)(=O)O)C(O)O[C@H]2C(=O)O)O[C@H](CO)[C@@H](O[C@@H]2O[C@H](C(=O)O)[C@@H](O[C@H]3O[C@H](COS(=O)(=O)O)[C@@H](O)[C@H](O)[C@H]3NS(=O)(=O)O)[C@H](O)[C@H]2O)[C@@H]1OS(=O)(=O)O. The predicted octanol–water partition coefficient (Wildman–Crippen LogP) is -10.7. The molecule has 16 N–H and O–H groups in total. The van der Waals surface area contributed by atoms with E-state index in [0.717, 1.165) is 0 Å². The summed E-state index contributed by atoms with van der Waals surface area (Å²) in [7, 11) is -21.9. The lowest BCUT2D eigenvalue weighted by Crippen LogP contribution is -2.70. The fourth-order valence-electron chi connectivity index (χ4n) is 6.46. The first-order valence-corrected chi connectivity index (χ1v) is 22.4. The molecule has 39 heteroatoms. The maximum atomic E-state index is 12.4. The molecule has 4 heterocycles. The number of carboxylic acid groups (broad SMARTS) is 2. The third kappa shape index (κ3) is 13.7. The maximum Gasteiger partial charge on any atom is 0.397 e. The molecule has 4 aliphatic rings. The Balaban J connectivity index is 1.64. The predicted molar refractivity (Wildman–Crippen MR) is 181 cm³/mol. The molecule has 0 aromatic carbocycles. The number of hydrogen-bond donors (Lipinski definition) is 15. The van der Waals surface area contributed by atoms with Crippen LogP contribution in [0.15, 0.2) is 0 Å². The van der Waals surface area contributed by atoms with E-state index >= 15 is 0 Å². The van der Waals surface area contributed by atoms with Crippen molar-refractivity contribution < 1.29 is 153 Å². The smallest absolute Gasteiger partial charge is 0.397 e. The molecule has 0 aromatic heterocycles. The first kappa shape index (κ1) is 53.4. The van der Waals surface area contributed by atoms with Crippen molar-refractivity contribution in [2.24, 2.45) is 5.73 Å². The van der Waals surface area contributed by atoms with Crippen molar-refractivity contribution >= 4 is 53.4 Å². The molecule has 63 heavy (non-hydrogen) atoms. The molecule has 0 radical (unpaired) electrons. The quantitative estimate of drug-likeness (QED) is 0.0567. The third-order valence-corrected chi connectivity index (χ3v) is 11.1. The van der Waals surface area contributed by atoms with Crippen LogP contribution < -0.4 is 10.5 Å². The summed E-state index contributed by atoms with van der Waals surface area (Å²) >= 11 is 0. The lowest BCUT2D eigenvalue weighted by molar-refractivity contribution is -0.367. The molecule has 4 saturated heterocycles. The van der Waals surface area contributed by atoms with Crippen molar-refractivity contribution in [1.82, 2.24) is 4.72 Å². The van der Waals surface area contributed by atoms with E-state index in [1.807, 2.05) is 0 Å². The van der Waals surface area contributed by atoms with Gasteiger partial charge < -0.3 is 84.9 Å². The Morgan fingerprint density at radius 3 is 1.56 bits per heavy atom. The summed E-state index contributed by atoms with van der Waals surface area (Å²) in [6.45, 7) is -2.73. The monoisotopic (exact) mass is 1010 g/mol. The highest BCUT2D eigenvalue weighted by molar-refractivity contribution is 7.83. The fourth-order valence-corrected chi connectivity index (χ4v) is 8.36. The molecule has 1 unspecified atom stereocenters. The van der Waals surface area contributed by atoms with Gasteiger partial charge in [-0.2, -0.15) is 38.4 Å². The van der Waals surface area contributed by atoms with Gasteiger partial charge in [-0.15, -0.1) is 0 Å². The van der Waals surface area contributed by atoms with E-state index in [4.69, 9.17) is 48.0 Å². The zero-order valence-corrected chi connectivity index (χ0v) is 33.9. The molecule has 0 amide bonds. The summed E-state index contributed by atoms with van der Waals surface area (Å²) in [4.78, 5) is 24.4. The lowest BCUT2D eigenvalue weighted by Gasteiger charge is -2.49. The number of carboxylic acids is 2. The van der Waals surface area contributed by atoms with E-state index in [2.05, 4.69) is 12.5 Å². The van der Waals surface area contributed by atoms with E-state index in [0.29, 0.717) is 0 Å². The Morgan fingerprint density at radius 2 is 1.05 bits per heavy atom. The molecule has 4 aliphatic heterocycles. The standard InChI is InChI=1S/C24H40N2O33S4/c25-5-13(58-62(44,45)46)12(3(1-27)51-22(5)55-15-11(32)16(59-63(47,48)49)21(37)53-17(15)19(33)34)54-24-10(31)9(30)14(18(57-24)20(35)36)56-23-6(26-60(38,39)40)8(29)7(28)4(52-23)2-50-61(41,42)43/h3-18,21-24,26-32,37H,1-2,25H2,(H,33,34)(H,35,36)(H,38,39,40)(H,41,42,43)(H,44,45,46)(H,47,48,49)/t3-,4-,5-,6-,7-,8-,9-,10-,11+,12-,13-,14+,15+,16-,17-,18+,21?,22-,23-,24-/m1/s1. The second kappa shape index (κ2) is 20.4. The van der Waals surface area contributed by atoms with E-state index in [1.165, 1.54) is 4.72 Å². The van der Waals surface area contributed by atoms with Crippen LogP contribution in [0.25, 0.3) is 0 Å². The number of aliphatic hydroxyl groups excluding tert-OH is 7. The lowest BCUT2D eigenvalue weighted by atomic mass is 9.94. The van der Waals surface area contributed by atoms with Crippen LogP contribution in [0.3, 0.4) is 0 Å². The molecule has 0 bridgehead atoms. The number of rotatable bonds is 18. The van der Waals surface area contributed by atoms with Crippen LogP contribution in [-0.2, 0) is 96.8 Å². The van der Waals surface area contributed by atoms with E-state index in [1.54, 1.807) is 0 Å². The average molecular weight is 1010 g/mol. The van der Waals surface area contributed by atoms with Gasteiger partial charge in [0.25, 0.3) is 0 Å². The highest BCUT2D eigenvalue weighted by Gasteiger charge is 2.58. The minimum Gasteiger partial charge on any atom is -0.479 e. The molecule has 0 spiro atoms. The number of aliphatic hydroxyl groups is 7. The second-order valence-electron chi connectivity index (χ2n) is 13.5. The van der Waals surface area contributed by atoms with Crippen molar-refractivity contribution in [3.63, 3.8) is 0 Å². The minimum atomic E-state index is -5.72.